The summed E-state index contributed by atoms with van der Waals surface area (Å²) in [4.78, 5) is 11.3. The molecule has 0 saturated carbocycles. The van der Waals surface area contributed by atoms with E-state index in [1.165, 1.54) is 11.4 Å². The zero-order valence-electron chi connectivity index (χ0n) is 11.5. The number of rotatable bonds is 4. The highest BCUT2D eigenvalue weighted by molar-refractivity contribution is 7.87. The molecule has 9 nitrogen and oxygen atoms in total. The van der Waals surface area contributed by atoms with Gasteiger partial charge in [-0.25, -0.2) is 9.71 Å². The number of piperidine rings is 1. The normalized spacial score (nSPS) is 18.1. The quantitative estimate of drug-likeness (QED) is 0.827. The molecule has 0 amide bonds. The molecule has 0 radical (unpaired) electrons. The van der Waals surface area contributed by atoms with Gasteiger partial charge in [-0.1, -0.05) is 5.16 Å². The van der Waals surface area contributed by atoms with Crippen LogP contribution in [0.2, 0.25) is 0 Å². The second-order valence-corrected chi connectivity index (χ2v) is 6.65. The SMILES string of the molecule is CNS(=O)(=O)N1CCC(c2nc(-c3ncc[nH]3)no2)CC1. The molecule has 2 aromatic heterocycles. The number of nitrogens with one attached hydrogen (secondary N) is 2. The lowest BCUT2D eigenvalue weighted by Gasteiger charge is -2.28. The van der Waals surface area contributed by atoms with Crippen LogP contribution in [-0.2, 0) is 10.2 Å². The van der Waals surface area contributed by atoms with E-state index >= 15 is 0 Å². The maximum Gasteiger partial charge on any atom is 0.279 e. The molecule has 114 valence electrons. The van der Waals surface area contributed by atoms with Crippen LogP contribution in [0.25, 0.3) is 11.6 Å². The Balaban J connectivity index is 1.68. The highest BCUT2D eigenvalue weighted by Crippen LogP contribution is 2.28. The first-order valence-corrected chi connectivity index (χ1v) is 8.06. The van der Waals surface area contributed by atoms with Gasteiger partial charge in [0.2, 0.25) is 11.7 Å². The van der Waals surface area contributed by atoms with Crippen LogP contribution < -0.4 is 4.72 Å². The summed E-state index contributed by atoms with van der Waals surface area (Å²) in [6, 6.07) is 0. The van der Waals surface area contributed by atoms with E-state index in [0.29, 0.717) is 43.5 Å². The van der Waals surface area contributed by atoms with Crippen molar-refractivity contribution in [2.45, 2.75) is 18.8 Å². The summed E-state index contributed by atoms with van der Waals surface area (Å²) >= 11 is 0. The van der Waals surface area contributed by atoms with Crippen molar-refractivity contribution in [1.29, 1.82) is 0 Å². The van der Waals surface area contributed by atoms with Crippen molar-refractivity contribution in [2.75, 3.05) is 20.1 Å². The fourth-order valence-corrected chi connectivity index (χ4v) is 3.31. The Morgan fingerprint density at radius 3 is 2.81 bits per heavy atom. The van der Waals surface area contributed by atoms with Gasteiger partial charge in [-0.2, -0.15) is 17.7 Å². The molecular formula is C11H16N6O3S. The molecule has 3 heterocycles. The van der Waals surface area contributed by atoms with Gasteiger partial charge in [-0.3, -0.25) is 0 Å². The van der Waals surface area contributed by atoms with Crippen molar-refractivity contribution in [3.05, 3.63) is 18.3 Å². The van der Waals surface area contributed by atoms with Gasteiger partial charge in [0.25, 0.3) is 10.2 Å². The molecule has 21 heavy (non-hydrogen) atoms. The fraction of sp³-hybridized carbons (Fsp3) is 0.545. The van der Waals surface area contributed by atoms with Crippen molar-refractivity contribution >= 4 is 10.2 Å². The molecule has 1 fully saturated rings. The Bertz CT molecular complexity index is 687. The standard InChI is InChI=1S/C11H16N6O3S/c1-12-21(18,19)17-6-2-8(3-7-17)11-15-10(16-20-11)9-13-4-5-14-9/h4-5,8,12H,2-3,6-7H2,1H3,(H,13,14). The predicted octanol–water partition coefficient (Wildman–Crippen LogP) is 0.103. The molecular weight excluding hydrogens is 296 g/mol. The van der Waals surface area contributed by atoms with Crippen LogP contribution in [0.1, 0.15) is 24.7 Å². The lowest BCUT2D eigenvalue weighted by molar-refractivity contribution is 0.269. The second-order valence-electron chi connectivity index (χ2n) is 4.78. The summed E-state index contributed by atoms with van der Waals surface area (Å²) in [6.07, 6.45) is 4.61. The molecule has 0 aromatic carbocycles. The first-order chi connectivity index (χ1) is 10.1. The summed E-state index contributed by atoms with van der Waals surface area (Å²) < 4.78 is 32.4. The third kappa shape index (κ3) is 2.82. The Morgan fingerprint density at radius 2 is 2.19 bits per heavy atom. The first-order valence-electron chi connectivity index (χ1n) is 6.62. The third-order valence-electron chi connectivity index (χ3n) is 3.55. The monoisotopic (exact) mass is 312 g/mol. The first kappa shape index (κ1) is 14.2. The van der Waals surface area contributed by atoms with Crippen LogP contribution in [-0.4, -0.2) is 53.0 Å². The maximum absolute atomic E-state index is 11.7. The van der Waals surface area contributed by atoms with Crippen molar-refractivity contribution < 1.29 is 12.9 Å². The Morgan fingerprint density at radius 1 is 1.43 bits per heavy atom. The predicted molar refractivity (Wildman–Crippen MR) is 73.4 cm³/mol. The summed E-state index contributed by atoms with van der Waals surface area (Å²) in [5.41, 5.74) is 0. The van der Waals surface area contributed by atoms with Gasteiger partial charge in [0.15, 0.2) is 5.82 Å². The molecule has 0 unspecified atom stereocenters. The van der Waals surface area contributed by atoms with E-state index in [-0.39, 0.29) is 5.92 Å². The van der Waals surface area contributed by atoms with E-state index in [1.807, 2.05) is 0 Å². The van der Waals surface area contributed by atoms with Gasteiger partial charge >= 0.3 is 0 Å². The van der Waals surface area contributed by atoms with Crippen molar-refractivity contribution in [1.82, 2.24) is 29.1 Å². The molecule has 0 bridgehead atoms. The maximum atomic E-state index is 11.7. The molecule has 0 aliphatic carbocycles. The molecule has 1 saturated heterocycles. The summed E-state index contributed by atoms with van der Waals surface area (Å²) in [5.74, 6) is 1.58. The molecule has 0 spiro atoms. The van der Waals surface area contributed by atoms with Gasteiger partial charge in [0, 0.05) is 38.4 Å². The number of aromatic amines is 1. The van der Waals surface area contributed by atoms with E-state index < -0.39 is 10.2 Å². The molecule has 2 N–H and O–H groups in total. The van der Waals surface area contributed by atoms with Crippen LogP contribution in [0.5, 0.6) is 0 Å². The Kier molecular flexibility index (Phi) is 3.74. The third-order valence-corrected chi connectivity index (χ3v) is 5.11. The zero-order valence-corrected chi connectivity index (χ0v) is 12.3. The van der Waals surface area contributed by atoms with Gasteiger partial charge in [-0.05, 0) is 12.8 Å². The van der Waals surface area contributed by atoms with Crippen LogP contribution in [0, 0.1) is 0 Å². The second kappa shape index (κ2) is 5.54. The number of aromatic nitrogens is 4. The number of H-pyrrole nitrogens is 1. The van der Waals surface area contributed by atoms with Crippen LogP contribution in [0.3, 0.4) is 0 Å². The van der Waals surface area contributed by atoms with Crippen molar-refractivity contribution in [2.24, 2.45) is 0 Å². The average Bonchev–Trinajstić information content (AvgIpc) is 3.18. The summed E-state index contributed by atoms with van der Waals surface area (Å²) in [5, 5.41) is 3.89. The minimum Gasteiger partial charge on any atom is -0.342 e. The molecule has 2 aromatic rings. The molecule has 1 aliphatic heterocycles. The lowest BCUT2D eigenvalue weighted by atomic mass is 9.98. The van der Waals surface area contributed by atoms with E-state index in [2.05, 4.69) is 24.8 Å². The fourth-order valence-electron chi connectivity index (χ4n) is 2.36. The topological polar surface area (TPSA) is 117 Å². The van der Waals surface area contributed by atoms with Gasteiger partial charge < -0.3 is 9.51 Å². The summed E-state index contributed by atoms with van der Waals surface area (Å²) in [6.45, 7) is 0.874. The van der Waals surface area contributed by atoms with E-state index in [1.54, 1.807) is 12.4 Å². The highest BCUT2D eigenvalue weighted by Gasteiger charge is 2.30. The average molecular weight is 312 g/mol. The number of nitrogens with zero attached hydrogens (tertiary/aromatic N) is 4. The molecule has 0 atom stereocenters. The minimum absolute atomic E-state index is 0.0736. The lowest BCUT2D eigenvalue weighted by Crippen LogP contribution is -2.43. The van der Waals surface area contributed by atoms with Crippen molar-refractivity contribution in [3.63, 3.8) is 0 Å². The van der Waals surface area contributed by atoms with E-state index in [4.69, 9.17) is 4.52 Å². The van der Waals surface area contributed by atoms with Gasteiger partial charge in [-0.15, -0.1) is 0 Å². The van der Waals surface area contributed by atoms with Crippen molar-refractivity contribution in [3.8, 4) is 11.6 Å². The van der Waals surface area contributed by atoms with Crippen LogP contribution >= 0.6 is 0 Å². The molecule has 3 rings (SSSR count). The minimum atomic E-state index is -3.36. The van der Waals surface area contributed by atoms with E-state index in [9.17, 15) is 8.42 Å². The van der Waals surface area contributed by atoms with Gasteiger partial charge in [0.1, 0.15) is 0 Å². The highest BCUT2D eigenvalue weighted by atomic mass is 32.2. The Hall–Kier alpha value is -1.78. The smallest absolute Gasteiger partial charge is 0.279 e. The number of imidazole rings is 1. The van der Waals surface area contributed by atoms with Crippen LogP contribution in [0.15, 0.2) is 16.9 Å². The largest absolute Gasteiger partial charge is 0.342 e. The summed E-state index contributed by atoms with van der Waals surface area (Å²) in [7, 11) is -1.94. The van der Waals surface area contributed by atoms with Crippen LogP contribution in [0.4, 0.5) is 0 Å². The number of hydrogen-bond acceptors (Lipinski definition) is 6. The van der Waals surface area contributed by atoms with Gasteiger partial charge in [0.05, 0.1) is 0 Å². The Labute approximate surface area is 121 Å². The molecule has 10 heteroatoms. The molecule has 1 aliphatic rings. The number of hydrogen-bond donors (Lipinski definition) is 2. The zero-order chi connectivity index (χ0) is 14.9. The van der Waals surface area contributed by atoms with E-state index in [0.717, 1.165) is 0 Å².